The molecule has 8 heteroatoms. The van der Waals surface area contributed by atoms with Gasteiger partial charge in [0, 0.05) is 24.8 Å². The maximum atomic E-state index is 12.2. The number of benzene rings is 2. The molecular weight excluding hydrogens is 356 g/mol. The quantitative estimate of drug-likeness (QED) is 0.755. The molecule has 0 spiro atoms. The van der Waals surface area contributed by atoms with Crippen molar-refractivity contribution in [2.75, 3.05) is 12.4 Å². The van der Waals surface area contributed by atoms with Crippen molar-refractivity contribution in [3.05, 3.63) is 60.2 Å². The zero-order valence-corrected chi connectivity index (χ0v) is 15.0. The highest BCUT2D eigenvalue weighted by molar-refractivity contribution is 7.90. The predicted molar refractivity (Wildman–Crippen MR) is 98.1 cm³/mol. The lowest BCUT2D eigenvalue weighted by atomic mass is 10.2. The first kappa shape index (κ1) is 19.2. The summed E-state index contributed by atoms with van der Waals surface area (Å²) >= 11 is 0. The van der Waals surface area contributed by atoms with Crippen LogP contribution in [-0.2, 0) is 19.6 Å². The van der Waals surface area contributed by atoms with Gasteiger partial charge in [-0.2, -0.15) is 0 Å². The SMILES string of the molecule is COc1cccc(S(=O)(=O)NC(=O)/C=C/c2ccc(NC(C)=O)cc2)c1. The third-order valence-corrected chi connectivity index (χ3v) is 4.59. The Labute approximate surface area is 151 Å². The van der Waals surface area contributed by atoms with Gasteiger partial charge in [0.15, 0.2) is 0 Å². The maximum absolute atomic E-state index is 12.2. The minimum Gasteiger partial charge on any atom is -0.497 e. The average Bonchev–Trinajstić information content (AvgIpc) is 2.60. The van der Waals surface area contributed by atoms with Gasteiger partial charge in [0.1, 0.15) is 5.75 Å². The van der Waals surface area contributed by atoms with Crippen molar-refractivity contribution in [3.8, 4) is 5.75 Å². The zero-order valence-electron chi connectivity index (χ0n) is 14.2. The van der Waals surface area contributed by atoms with Crippen LogP contribution < -0.4 is 14.8 Å². The molecule has 0 fully saturated rings. The van der Waals surface area contributed by atoms with Gasteiger partial charge in [0.2, 0.25) is 5.91 Å². The van der Waals surface area contributed by atoms with Crippen molar-refractivity contribution < 1.29 is 22.7 Å². The molecule has 2 rings (SSSR count). The van der Waals surface area contributed by atoms with Crippen molar-refractivity contribution in [1.82, 2.24) is 4.72 Å². The van der Waals surface area contributed by atoms with E-state index in [2.05, 4.69) is 5.32 Å². The number of hydrogen-bond acceptors (Lipinski definition) is 5. The van der Waals surface area contributed by atoms with Gasteiger partial charge in [-0.1, -0.05) is 18.2 Å². The second-order valence-electron chi connectivity index (χ2n) is 5.29. The van der Waals surface area contributed by atoms with E-state index in [4.69, 9.17) is 4.74 Å². The van der Waals surface area contributed by atoms with Crippen molar-refractivity contribution >= 4 is 33.6 Å². The predicted octanol–water partition coefficient (Wildman–Crippen LogP) is 2.17. The molecule has 0 aliphatic carbocycles. The standard InChI is InChI=1S/C18H18N2O5S/c1-13(21)19-15-9-6-14(7-10-15)8-11-18(22)20-26(23,24)17-5-3-4-16(12-17)25-2/h3-12H,1-2H3,(H,19,21)(H,20,22)/b11-8+. The monoisotopic (exact) mass is 374 g/mol. The molecule has 0 aliphatic rings. The van der Waals surface area contributed by atoms with Crippen LogP contribution in [0.3, 0.4) is 0 Å². The first-order valence-corrected chi connectivity index (χ1v) is 9.05. The van der Waals surface area contributed by atoms with E-state index in [-0.39, 0.29) is 10.8 Å². The maximum Gasteiger partial charge on any atom is 0.264 e. The number of rotatable bonds is 6. The Morgan fingerprint density at radius 2 is 1.77 bits per heavy atom. The number of anilines is 1. The number of nitrogens with one attached hydrogen (secondary N) is 2. The van der Waals surface area contributed by atoms with Crippen LogP contribution in [-0.4, -0.2) is 27.3 Å². The van der Waals surface area contributed by atoms with E-state index in [9.17, 15) is 18.0 Å². The number of methoxy groups -OCH3 is 1. The van der Waals surface area contributed by atoms with Gasteiger partial charge in [-0.15, -0.1) is 0 Å². The number of hydrogen-bond donors (Lipinski definition) is 2. The van der Waals surface area contributed by atoms with Crippen molar-refractivity contribution in [2.24, 2.45) is 0 Å². The fourth-order valence-corrected chi connectivity index (χ4v) is 3.03. The molecule has 0 bridgehead atoms. The van der Waals surface area contributed by atoms with Gasteiger partial charge in [0.25, 0.3) is 15.9 Å². The summed E-state index contributed by atoms with van der Waals surface area (Å²) in [5, 5.41) is 2.62. The molecule has 0 saturated heterocycles. The van der Waals surface area contributed by atoms with Gasteiger partial charge in [-0.3, -0.25) is 9.59 Å². The molecular formula is C18H18N2O5S. The molecule has 136 valence electrons. The molecule has 0 radical (unpaired) electrons. The minimum absolute atomic E-state index is 0.0711. The molecule has 7 nitrogen and oxygen atoms in total. The number of amides is 2. The topological polar surface area (TPSA) is 102 Å². The third kappa shape index (κ3) is 5.45. The summed E-state index contributed by atoms with van der Waals surface area (Å²) in [7, 11) is -2.57. The summed E-state index contributed by atoms with van der Waals surface area (Å²) in [5.74, 6) is -0.593. The van der Waals surface area contributed by atoms with E-state index in [1.165, 1.54) is 38.3 Å². The molecule has 0 saturated carbocycles. The van der Waals surface area contributed by atoms with Crippen LogP contribution in [0.15, 0.2) is 59.5 Å². The summed E-state index contributed by atoms with van der Waals surface area (Å²) in [5.41, 5.74) is 1.30. The highest BCUT2D eigenvalue weighted by atomic mass is 32.2. The van der Waals surface area contributed by atoms with E-state index in [0.717, 1.165) is 6.08 Å². The number of sulfonamides is 1. The lowest BCUT2D eigenvalue weighted by Gasteiger charge is -2.06. The number of carbonyl (C=O) groups is 2. The fourth-order valence-electron chi connectivity index (χ4n) is 2.05. The summed E-state index contributed by atoms with van der Waals surface area (Å²) in [6.45, 7) is 1.40. The molecule has 2 aromatic carbocycles. The molecule has 0 heterocycles. The van der Waals surface area contributed by atoms with Crippen LogP contribution in [0.2, 0.25) is 0 Å². The Morgan fingerprint density at radius 3 is 2.38 bits per heavy atom. The molecule has 0 unspecified atom stereocenters. The second-order valence-corrected chi connectivity index (χ2v) is 6.97. The smallest absolute Gasteiger partial charge is 0.264 e. The van der Waals surface area contributed by atoms with Crippen LogP contribution in [0, 0.1) is 0 Å². The van der Waals surface area contributed by atoms with Gasteiger partial charge >= 0.3 is 0 Å². The average molecular weight is 374 g/mol. The highest BCUT2D eigenvalue weighted by Gasteiger charge is 2.16. The molecule has 0 aliphatic heterocycles. The van der Waals surface area contributed by atoms with Gasteiger partial charge < -0.3 is 10.1 Å². The fraction of sp³-hybridized carbons (Fsp3) is 0.111. The minimum atomic E-state index is -3.99. The van der Waals surface area contributed by atoms with Gasteiger partial charge in [0.05, 0.1) is 12.0 Å². The van der Waals surface area contributed by atoms with E-state index in [0.29, 0.717) is 17.0 Å². The van der Waals surface area contributed by atoms with Crippen LogP contribution in [0.1, 0.15) is 12.5 Å². The summed E-state index contributed by atoms with van der Waals surface area (Å²) in [4.78, 5) is 22.8. The molecule has 2 amide bonds. The Morgan fingerprint density at radius 1 is 1.08 bits per heavy atom. The number of carbonyl (C=O) groups excluding carboxylic acids is 2. The Balaban J connectivity index is 2.05. The van der Waals surface area contributed by atoms with Crippen LogP contribution in [0.5, 0.6) is 5.75 Å². The van der Waals surface area contributed by atoms with Crippen molar-refractivity contribution in [3.63, 3.8) is 0 Å². The van der Waals surface area contributed by atoms with Gasteiger partial charge in [-0.25, -0.2) is 13.1 Å². The second kappa shape index (κ2) is 8.30. The Hall–Kier alpha value is -3.13. The van der Waals surface area contributed by atoms with Crippen LogP contribution in [0.25, 0.3) is 6.08 Å². The van der Waals surface area contributed by atoms with Gasteiger partial charge in [-0.05, 0) is 35.9 Å². The van der Waals surface area contributed by atoms with Crippen LogP contribution >= 0.6 is 0 Å². The van der Waals surface area contributed by atoms with Crippen LogP contribution in [0.4, 0.5) is 5.69 Å². The van der Waals surface area contributed by atoms with E-state index >= 15 is 0 Å². The van der Waals surface area contributed by atoms with Crippen molar-refractivity contribution in [2.45, 2.75) is 11.8 Å². The van der Waals surface area contributed by atoms with E-state index in [1.54, 1.807) is 30.3 Å². The Bertz CT molecular complexity index is 934. The molecule has 0 atom stereocenters. The lowest BCUT2D eigenvalue weighted by molar-refractivity contribution is -0.115. The highest BCUT2D eigenvalue weighted by Crippen LogP contribution is 2.17. The van der Waals surface area contributed by atoms with Crippen molar-refractivity contribution in [1.29, 1.82) is 0 Å². The van der Waals surface area contributed by atoms with E-state index in [1.807, 2.05) is 4.72 Å². The first-order chi connectivity index (χ1) is 12.3. The largest absolute Gasteiger partial charge is 0.497 e. The molecule has 26 heavy (non-hydrogen) atoms. The Kier molecular flexibility index (Phi) is 6.13. The third-order valence-electron chi connectivity index (χ3n) is 3.24. The molecule has 0 aromatic heterocycles. The molecule has 2 N–H and O–H groups in total. The summed E-state index contributed by atoms with van der Waals surface area (Å²) in [6, 6.07) is 12.5. The first-order valence-electron chi connectivity index (χ1n) is 7.57. The van der Waals surface area contributed by atoms with E-state index < -0.39 is 15.9 Å². The molecule has 2 aromatic rings. The number of ether oxygens (including phenoxy) is 1. The lowest BCUT2D eigenvalue weighted by Crippen LogP contribution is -2.28. The normalized spacial score (nSPS) is 11.2. The zero-order chi connectivity index (χ0) is 19.2. The summed E-state index contributed by atoms with van der Waals surface area (Å²) < 4.78 is 31.4. The summed E-state index contributed by atoms with van der Waals surface area (Å²) in [6.07, 6.45) is 2.58.